The quantitative estimate of drug-likeness (QED) is 0.138. The molecule has 1 aliphatic rings. The Morgan fingerprint density at radius 1 is 0.352 bits per heavy atom. The van der Waals surface area contributed by atoms with Crippen LogP contribution in [0, 0.1) is 0 Å². The molecule has 71 heavy (non-hydrogen) atoms. The largest absolute Gasteiger partial charge is 0.306 e. The van der Waals surface area contributed by atoms with Gasteiger partial charge in [0.2, 0.25) is 0 Å². The van der Waals surface area contributed by atoms with Crippen molar-refractivity contribution >= 4 is 54.0 Å². The average molecular weight is 1120 g/mol. The van der Waals surface area contributed by atoms with E-state index in [4.69, 9.17) is 29.9 Å². The smallest absolute Gasteiger partial charge is 0.164 e. The Kier molecular flexibility index (Phi) is 14.5. The van der Waals surface area contributed by atoms with Crippen LogP contribution < -0.4 is 0 Å². The predicted octanol–water partition coefficient (Wildman–Crippen LogP) is 13.6. The number of aliphatic imine (C=N–C) groups is 1. The molecular weight excluding hydrogens is 1080 g/mol. The first-order valence-electron chi connectivity index (χ1n) is 22.1. The van der Waals surface area contributed by atoms with Crippen molar-refractivity contribution in [3.63, 3.8) is 0 Å². The van der Waals surface area contributed by atoms with Gasteiger partial charge in [-0.2, -0.15) is 0 Å². The maximum Gasteiger partial charge on any atom is 0.164 e. The predicted molar refractivity (Wildman–Crippen MR) is 289 cm³/mol. The summed E-state index contributed by atoms with van der Waals surface area (Å²) in [5.74, 6) is 3.65. The summed E-state index contributed by atoms with van der Waals surface area (Å²) < 4.78 is 8.80. The van der Waals surface area contributed by atoms with Gasteiger partial charge in [-0.3, -0.25) is 4.99 Å². The highest BCUT2D eigenvalue weighted by molar-refractivity contribution is 9.11. The normalized spacial score (nSPS) is 11.4. The molecule has 12 rings (SSSR count). The maximum absolute atomic E-state index is 4.93. The van der Waals surface area contributed by atoms with Crippen molar-refractivity contribution in [2.45, 2.75) is 6.42 Å². The zero-order chi connectivity index (χ0) is 48.4. The molecule has 344 valence electrons. The molecule has 0 aliphatic carbocycles. The molecular formula is C55H38Br3N13. The Balaban J connectivity index is 0.000000157. The molecule has 0 N–H and O–H groups in total. The Morgan fingerprint density at radius 2 is 0.648 bits per heavy atom. The molecule has 6 heterocycles. The molecule has 0 saturated carbocycles. The fourth-order valence-electron chi connectivity index (χ4n) is 7.37. The number of rotatable bonds is 9. The lowest BCUT2D eigenvalue weighted by atomic mass is 10.1. The first-order valence-corrected chi connectivity index (χ1v) is 24.5. The number of halogens is 3. The molecule has 0 radical (unpaired) electrons. The Hall–Kier alpha value is -8.18. The fraction of sp³-hybridized carbons (Fsp3) is 0.0182. The van der Waals surface area contributed by atoms with Crippen LogP contribution in [-0.4, -0.2) is 64.8 Å². The number of hydrogen-bond donors (Lipinski definition) is 0. The summed E-state index contributed by atoms with van der Waals surface area (Å²) in [7, 11) is 0. The van der Waals surface area contributed by atoms with E-state index >= 15 is 0 Å². The molecule has 6 aromatic carbocycles. The van der Waals surface area contributed by atoms with Crippen LogP contribution in [0.15, 0.2) is 232 Å². The number of allylic oxidation sites excluding steroid dienone is 1. The highest BCUT2D eigenvalue weighted by Gasteiger charge is 2.16. The first-order chi connectivity index (χ1) is 34.9. The molecule has 13 nitrogen and oxygen atoms in total. The zero-order valence-electron chi connectivity index (χ0n) is 37.4. The lowest BCUT2D eigenvalue weighted by molar-refractivity contribution is 1.04. The van der Waals surface area contributed by atoms with Crippen molar-refractivity contribution in [3.05, 3.63) is 227 Å². The fourth-order valence-corrected chi connectivity index (χ4v) is 8.56. The lowest BCUT2D eigenvalue weighted by Crippen LogP contribution is -2.02. The van der Waals surface area contributed by atoms with Crippen LogP contribution in [0.4, 0.5) is 0 Å². The van der Waals surface area contributed by atoms with E-state index in [9.17, 15) is 0 Å². The highest BCUT2D eigenvalue weighted by atomic mass is 79.9. The topological polar surface area (TPSA) is 143 Å². The van der Waals surface area contributed by atoms with Gasteiger partial charge in [0.05, 0.1) is 19.0 Å². The van der Waals surface area contributed by atoms with Gasteiger partial charge >= 0.3 is 0 Å². The molecule has 16 heteroatoms. The summed E-state index contributed by atoms with van der Waals surface area (Å²) in [5, 5.41) is 0. The van der Waals surface area contributed by atoms with Crippen LogP contribution in [0.3, 0.4) is 0 Å². The van der Waals surface area contributed by atoms with Gasteiger partial charge in [-0.05, 0) is 72.8 Å². The summed E-state index contributed by atoms with van der Waals surface area (Å²) in [6.07, 6.45) is 23.0. The van der Waals surface area contributed by atoms with Gasteiger partial charge < -0.3 is 13.7 Å². The SMILES string of the molecule is Brc1cccc(-c2nc(-c3cccc(Br)c3)nc(-c3cccc(Br)c3)n2)c1.C1=CN=CC1.c1cc(-c2nc(-c3cccc(-n4ccnc4)c3)nc(-c3cccc(-n4ccnc4)c3)n2)cc(-n2ccnc2)c1. The van der Waals surface area contributed by atoms with Crippen LogP contribution in [0.2, 0.25) is 0 Å². The Morgan fingerprint density at radius 3 is 0.873 bits per heavy atom. The number of imidazole rings is 3. The van der Waals surface area contributed by atoms with Crippen LogP contribution in [0.1, 0.15) is 6.42 Å². The standard InChI is InChI=1S/C30H21N9.C21H12Br3N3.C4H5N/c1-4-22(16-25(7-1)37-13-10-31-19-37)28-34-29(23-5-2-8-26(17-23)38-14-11-32-20-38)36-30(35-28)24-6-3-9-27(18-24)39-15-12-33-21-39;22-16-7-1-4-13(10-16)19-25-20(14-5-2-8-17(23)11-14)27-21(26-19)15-6-3-9-18(24)12-15;1-2-4-5-3-1/h1-21H;1-12H;1,3-4H,2H2. The summed E-state index contributed by atoms with van der Waals surface area (Å²) in [4.78, 5) is 45.3. The molecule has 0 fully saturated rings. The van der Waals surface area contributed by atoms with Crippen LogP contribution >= 0.6 is 47.8 Å². The summed E-state index contributed by atoms with van der Waals surface area (Å²) in [6, 6.07) is 48.1. The highest BCUT2D eigenvalue weighted by Crippen LogP contribution is 2.30. The monoisotopic (exact) mass is 1120 g/mol. The van der Waals surface area contributed by atoms with Gasteiger partial charge in [0.15, 0.2) is 34.9 Å². The maximum atomic E-state index is 4.93. The number of benzene rings is 6. The van der Waals surface area contributed by atoms with Gasteiger partial charge in [0, 0.05) is 120 Å². The molecule has 0 unspecified atom stereocenters. The summed E-state index contributed by atoms with van der Waals surface area (Å²) in [5.41, 5.74) is 8.33. The van der Waals surface area contributed by atoms with Gasteiger partial charge in [-0.1, -0.05) is 127 Å². The molecule has 1 aliphatic heterocycles. The number of hydrogen-bond acceptors (Lipinski definition) is 10. The second-order valence-electron chi connectivity index (χ2n) is 15.7. The third-order valence-corrected chi connectivity index (χ3v) is 12.3. The van der Waals surface area contributed by atoms with Crippen molar-refractivity contribution in [2.75, 3.05) is 0 Å². The second kappa shape index (κ2) is 22.1. The zero-order valence-corrected chi connectivity index (χ0v) is 42.2. The average Bonchev–Trinajstić information content (AvgIpc) is 4.29. The van der Waals surface area contributed by atoms with E-state index in [1.807, 2.05) is 190 Å². The van der Waals surface area contributed by atoms with Gasteiger partial charge in [0.25, 0.3) is 0 Å². The number of aromatic nitrogens is 12. The van der Waals surface area contributed by atoms with E-state index in [0.29, 0.717) is 34.9 Å². The lowest BCUT2D eigenvalue weighted by Gasteiger charge is -2.11. The van der Waals surface area contributed by atoms with E-state index < -0.39 is 0 Å². The minimum absolute atomic E-state index is 0.582. The molecule has 0 bridgehead atoms. The summed E-state index contributed by atoms with van der Waals surface area (Å²) in [6.45, 7) is 0. The van der Waals surface area contributed by atoms with E-state index in [0.717, 1.165) is 70.3 Å². The van der Waals surface area contributed by atoms with E-state index in [1.54, 1.807) is 43.8 Å². The third kappa shape index (κ3) is 11.6. The molecule has 5 aromatic heterocycles. The molecule has 0 amide bonds. The summed E-state index contributed by atoms with van der Waals surface area (Å²) >= 11 is 10.6. The van der Waals surface area contributed by atoms with Crippen molar-refractivity contribution in [2.24, 2.45) is 4.99 Å². The van der Waals surface area contributed by atoms with Gasteiger partial charge in [0.1, 0.15) is 0 Å². The third-order valence-electron chi connectivity index (χ3n) is 10.8. The molecule has 0 atom stereocenters. The minimum Gasteiger partial charge on any atom is -0.306 e. The number of nitrogens with zero attached hydrogens (tertiary/aromatic N) is 13. The van der Waals surface area contributed by atoms with Crippen LogP contribution in [0.5, 0.6) is 0 Å². The van der Waals surface area contributed by atoms with Crippen LogP contribution in [-0.2, 0) is 0 Å². The van der Waals surface area contributed by atoms with E-state index in [-0.39, 0.29) is 0 Å². The molecule has 0 saturated heterocycles. The van der Waals surface area contributed by atoms with Crippen molar-refractivity contribution < 1.29 is 0 Å². The Labute approximate surface area is 434 Å². The molecule has 0 spiro atoms. The van der Waals surface area contributed by atoms with Crippen molar-refractivity contribution in [1.29, 1.82) is 0 Å². The minimum atomic E-state index is 0.582. The first kappa shape index (κ1) is 46.5. The Bertz CT molecular complexity index is 3240. The van der Waals surface area contributed by atoms with Crippen molar-refractivity contribution in [1.82, 2.24) is 58.6 Å². The van der Waals surface area contributed by atoms with E-state index in [2.05, 4.69) is 67.7 Å². The van der Waals surface area contributed by atoms with Gasteiger partial charge in [-0.25, -0.2) is 44.9 Å². The van der Waals surface area contributed by atoms with Gasteiger partial charge in [-0.15, -0.1) is 0 Å². The van der Waals surface area contributed by atoms with E-state index in [1.165, 1.54) is 0 Å². The van der Waals surface area contributed by atoms with Crippen molar-refractivity contribution in [3.8, 4) is 85.4 Å². The van der Waals surface area contributed by atoms with Crippen LogP contribution in [0.25, 0.3) is 85.4 Å². The second-order valence-corrected chi connectivity index (χ2v) is 18.4. The molecule has 11 aromatic rings.